The zero-order chi connectivity index (χ0) is 19.4. The molecule has 8 heteroatoms. The summed E-state index contributed by atoms with van der Waals surface area (Å²) in [5.74, 6) is -1.91. The van der Waals surface area contributed by atoms with E-state index in [0.29, 0.717) is 11.4 Å². The summed E-state index contributed by atoms with van der Waals surface area (Å²) < 4.78 is 23.8. The maximum atomic E-state index is 13.2. The number of hydrogen-bond donors (Lipinski definition) is 1. The van der Waals surface area contributed by atoms with Crippen LogP contribution in [-0.2, 0) is 14.3 Å². The van der Waals surface area contributed by atoms with Crippen LogP contribution in [0.4, 0.5) is 10.1 Å². The van der Waals surface area contributed by atoms with Gasteiger partial charge in [0.1, 0.15) is 11.6 Å². The summed E-state index contributed by atoms with van der Waals surface area (Å²) in [5.41, 5.74) is 0.484. The molecule has 2 amide bonds. The van der Waals surface area contributed by atoms with Gasteiger partial charge in [0.25, 0.3) is 11.8 Å². The number of halogens is 1. The van der Waals surface area contributed by atoms with E-state index in [1.165, 1.54) is 30.1 Å². The predicted octanol–water partition coefficient (Wildman–Crippen LogP) is 1.52. The number of nitrogens with one attached hydrogen (secondary N) is 1. The Morgan fingerprint density at radius 3 is 2.74 bits per heavy atom. The molecule has 1 heterocycles. The number of carbonyl (C=O) groups excluding carboxylic acids is 3. The lowest BCUT2D eigenvalue weighted by molar-refractivity contribution is -0.128. The molecule has 0 aliphatic carbocycles. The predicted molar refractivity (Wildman–Crippen MR) is 94.0 cm³/mol. The van der Waals surface area contributed by atoms with Crippen molar-refractivity contribution in [3.8, 4) is 5.75 Å². The van der Waals surface area contributed by atoms with Gasteiger partial charge in [-0.1, -0.05) is 18.2 Å². The van der Waals surface area contributed by atoms with Gasteiger partial charge in [-0.3, -0.25) is 9.59 Å². The highest BCUT2D eigenvalue weighted by Gasteiger charge is 2.33. The van der Waals surface area contributed by atoms with Gasteiger partial charge in [-0.05, 0) is 30.3 Å². The smallest absolute Gasteiger partial charge is 0.338 e. The van der Waals surface area contributed by atoms with Crippen molar-refractivity contribution in [3.05, 3.63) is 59.9 Å². The third kappa shape index (κ3) is 4.05. The van der Waals surface area contributed by atoms with Crippen molar-refractivity contribution in [1.29, 1.82) is 0 Å². The lowest BCUT2D eigenvalue weighted by atomic mass is 10.1. The first-order chi connectivity index (χ1) is 13.0. The van der Waals surface area contributed by atoms with Crippen molar-refractivity contribution in [2.75, 3.05) is 25.1 Å². The minimum absolute atomic E-state index is 0.00779. The Morgan fingerprint density at radius 2 is 2.00 bits per heavy atom. The van der Waals surface area contributed by atoms with Gasteiger partial charge in [0.15, 0.2) is 12.7 Å². The largest absolute Gasteiger partial charge is 0.477 e. The molecule has 0 aromatic heterocycles. The number of rotatable bonds is 4. The van der Waals surface area contributed by atoms with E-state index in [1.54, 1.807) is 24.3 Å². The molecule has 2 aromatic carbocycles. The van der Waals surface area contributed by atoms with Crippen molar-refractivity contribution in [2.24, 2.45) is 0 Å². The first-order valence-corrected chi connectivity index (χ1v) is 8.20. The summed E-state index contributed by atoms with van der Waals surface area (Å²) in [7, 11) is 1.47. The van der Waals surface area contributed by atoms with Crippen molar-refractivity contribution in [3.63, 3.8) is 0 Å². The number of carbonyl (C=O) groups is 3. The van der Waals surface area contributed by atoms with Crippen molar-refractivity contribution in [2.45, 2.75) is 6.10 Å². The third-order valence-electron chi connectivity index (χ3n) is 4.00. The second-order valence-electron chi connectivity index (χ2n) is 5.78. The minimum Gasteiger partial charge on any atom is -0.477 e. The van der Waals surface area contributed by atoms with Crippen LogP contribution < -0.4 is 15.0 Å². The zero-order valence-corrected chi connectivity index (χ0v) is 14.5. The van der Waals surface area contributed by atoms with Gasteiger partial charge >= 0.3 is 5.97 Å². The molecule has 3 rings (SSSR count). The van der Waals surface area contributed by atoms with Gasteiger partial charge in [-0.2, -0.15) is 0 Å². The molecule has 0 spiro atoms. The highest BCUT2D eigenvalue weighted by Crippen LogP contribution is 2.33. The van der Waals surface area contributed by atoms with E-state index in [-0.39, 0.29) is 18.0 Å². The lowest BCUT2D eigenvalue weighted by Gasteiger charge is -2.33. The van der Waals surface area contributed by atoms with Crippen LogP contribution in [0.1, 0.15) is 10.4 Å². The number of para-hydroxylation sites is 2. The second kappa shape index (κ2) is 7.86. The number of esters is 1. The molecule has 0 fully saturated rings. The molecule has 1 aliphatic heterocycles. The fraction of sp³-hybridized carbons (Fsp3) is 0.211. The summed E-state index contributed by atoms with van der Waals surface area (Å²) >= 11 is 0. The molecule has 1 unspecified atom stereocenters. The quantitative estimate of drug-likeness (QED) is 0.823. The fourth-order valence-electron chi connectivity index (χ4n) is 2.67. The molecule has 2 aromatic rings. The van der Waals surface area contributed by atoms with Crippen LogP contribution in [-0.4, -0.2) is 44.1 Å². The molecule has 1 N–H and O–H groups in total. The summed E-state index contributed by atoms with van der Waals surface area (Å²) in [6, 6.07) is 11.7. The molecule has 7 nitrogen and oxygen atoms in total. The van der Waals surface area contributed by atoms with Crippen LogP contribution in [0.2, 0.25) is 0 Å². The highest BCUT2D eigenvalue weighted by molar-refractivity contribution is 5.99. The number of anilines is 1. The van der Waals surface area contributed by atoms with Crippen LogP contribution in [0, 0.1) is 5.82 Å². The molecular formula is C19H17FN2O5. The standard InChI is InChI=1S/C19H17FN2O5/c1-21-18(24)16-10-22(14-7-2-3-8-15(14)27-16)17(23)11-26-19(25)12-5-4-6-13(20)9-12/h2-9,16H,10-11H2,1H3,(H,21,24). The number of amides is 2. The van der Waals surface area contributed by atoms with E-state index in [0.717, 1.165) is 6.07 Å². The van der Waals surface area contributed by atoms with Gasteiger partial charge in [0.05, 0.1) is 17.8 Å². The number of nitrogens with zero attached hydrogens (tertiary/aromatic N) is 1. The zero-order valence-electron chi connectivity index (χ0n) is 14.5. The van der Waals surface area contributed by atoms with Crippen molar-refractivity contribution in [1.82, 2.24) is 5.32 Å². The van der Waals surface area contributed by atoms with Crippen LogP contribution >= 0.6 is 0 Å². The molecule has 140 valence electrons. The Labute approximate surface area is 154 Å². The van der Waals surface area contributed by atoms with Crippen molar-refractivity contribution >= 4 is 23.5 Å². The summed E-state index contributed by atoms with van der Waals surface area (Å²) in [4.78, 5) is 37.9. The van der Waals surface area contributed by atoms with Gasteiger partial charge < -0.3 is 19.7 Å². The van der Waals surface area contributed by atoms with E-state index < -0.39 is 30.4 Å². The van der Waals surface area contributed by atoms with Crippen LogP contribution in [0.25, 0.3) is 0 Å². The first kappa shape index (κ1) is 18.4. The van der Waals surface area contributed by atoms with Gasteiger partial charge in [-0.15, -0.1) is 0 Å². The fourth-order valence-corrected chi connectivity index (χ4v) is 2.67. The van der Waals surface area contributed by atoms with Gasteiger partial charge in [-0.25, -0.2) is 9.18 Å². The number of ether oxygens (including phenoxy) is 2. The maximum absolute atomic E-state index is 13.2. The summed E-state index contributed by atoms with van der Waals surface area (Å²) in [6.07, 6.45) is -0.882. The summed E-state index contributed by atoms with van der Waals surface area (Å²) in [6.45, 7) is -0.572. The Bertz CT molecular complexity index is 886. The molecule has 0 radical (unpaired) electrons. The Morgan fingerprint density at radius 1 is 1.22 bits per heavy atom. The van der Waals surface area contributed by atoms with E-state index in [9.17, 15) is 18.8 Å². The lowest BCUT2D eigenvalue weighted by Crippen LogP contribution is -2.51. The average molecular weight is 372 g/mol. The van der Waals surface area contributed by atoms with E-state index in [2.05, 4.69) is 5.32 Å². The number of benzene rings is 2. The highest BCUT2D eigenvalue weighted by atomic mass is 19.1. The summed E-state index contributed by atoms with van der Waals surface area (Å²) in [5, 5.41) is 2.48. The van der Waals surface area contributed by atoms with E-state index in [1.807, 2.05) is 0 Å². The molecule has 27 heavy (non-hydrogen) atoms. The van der Waals surface area contributed by atoms with E-state index in [4.69, 9.17) is 9.47 Å². The Balaban J connectivity index is 1.73. The Hall–Kier alpha value is -3.42. The maximum Gasteiger partial charge on any atom is 0.338 e. The molecular weight excluding hydrogens is 355 g/mol. The SMILES string of the molecule is CNC(=O)C1CN(C(=O)COC(=O)c2cccc(F)c2)c2ccccc2O1. The van der Waals surface area contributed by atoms with E-state index >= 15 is 0 Å². The van der Waals surface area contributed by atoms with Crippen LogP contribution in [0.5, 0.6) is 5.75 Å². The van der Waals surface area contributed by atoms with Gasteiger partial charge in [0.2, 0.25) is 0 Å². The van der Waals surface area contributed by atoms with Crippen LogP contribution in [0.15, 0.2) is 48.5 Å². The second-order valence-corrected chi connectivity index (χ2v) is 5.78. The Kier molecular flexibility index (Phi) is 5.35. The number of hydrogen-bond acceptors (Lipinski definition) is 5. The monoisotopic (exact) mass is 372 g/mol. The topological polar surface area (TPSA) is 84.9 Å². The molecule has 0 saturated heterocycles. The minimum atomic E-state index is -0.882. The molecule has 0 saturated carbocycles. The van der Waals surface area contributed by atoms with Crippen LogP contribution in [0.3, 0.4) is 0 Å². The normalized spacial score (nSPS) is 15.3. The molecule has 1 atom stereocenters. The average Bonchev–Trinajstić information content (AvgIpc) is 2.70. The van der Waals surface area contributed by atoms with Gasteiger partial charge in [0, 0.05) is 7.05 Å². The third-order valence-corrected chi connectivity index (χ3v) is 4.00. The number of fused-ring (bicyclic) bond motifs is 1. The molecule has 1 aliphatic rings. The van der Waals surface area contributed by atoms with Crippen molar-refractivity contribution < 1.29 is 28.2 Å². The number of likely N-dealkylation sites (N-methyl/N-ethyl adjacent to an activating group) is 1. The molecule has 0 bridgehead atoms. The first-order valence-electron chi connectivity index (χ1n) is 8.20.